The lowest BCUT2D eigenvalue weighted by Crippen LogP contribution is -2.29. The number of ketones is 1. The van der Waals surface area contributed by atoms with Crippen LogP contribution in [0, 0.1) is 6.92 Å². The van der Waals surface area contributed by atoms with Gasteiger partial charge in [0, 0.05) is 18.0 Å². The predicted molar refractivity (Wildman–Crippen MR) is 133 cm³/mol. The summed E-state index contributed by atoms with van der Waals surface area (Å²) in [5, 5.41) is 11.2. The van der Waals surface area contributed by atoms with E-state index < -0.39 is 17.7 Å². The summed E-state index contributed by atoms with van der Waals surface area (Å²) in [6, 6.07) is 21.0. The second kappa shape index (κ2) is 9.92. The largest absolute Gasteiger partial charge is 0.507 e. The summed E-state index contributed by atoms with van der Waals surface area (Å²) in [4.78, 5) is 31.6. The maximum atomic E-state index is 13.1. The number of furan rings is 1. The van der Waals surface area contributed by atoms with Gasteiger partial charge in [0.25, 0.3) is 11.7 Å². The fourth-order valence-electron chi connectivity index (χ4n) is 4.34. The molecule has 0 saturated carbocycles. The van der Waals surface area contributed by atoms with Gasteiger partial charge in [0.05, 0.1) is 24.4 Å². The summed E-state index contributed by atoms with van der Waals surface area (Å²) in [6.45, 7) is 2.53. The van der Waals surface area contributed by atoms with Crippen LogP contribution in [0.25, 0.3) is 5.76 Å². The summed E-state index contributed by atoms with van der Waals surface area (Å²) < 4.78 is 11.3. The number of rotatable bonds is 7. The number of ether oxygens (including phenoxy) is 1. The van der Waals surface area contributed by atoms with Gasteiger partial charge in [0.1, 0.15) is 23.9 Å². The normalized spacial score (nSPS) is 16.9. The lowest BCUT2D eigenvalue weighted by Gasteiger charge is -2.24. The number of aliphatic hydroxyl groups is 1. The molecule has 36 heavy (non-hydrogen) atoms. The molecule has 1 unspecified atom stereocenters. The zero-order chi connectivity index (χ0) is 25.1. The van der Waals surface area contributed by atoms with Crippen LogP contribution in [0.5, 0.6) is 5.75 Å². The second-order valence-electron chi connectivity index (χ2n) is 8.59. The molecule has 1 N–H and O–H groups in total. The van der Waals surface area contributed by atoms with E-state index in [1.165, 1.54) is 11.2 Å². The van der Waals surface area contributed by atoms with E-state index >= 15 is 0 Å². The number of aryl methyl sites for hydroxylation is 1. The fourth-order valence-corrected chi connectivity index (χ4v) is 4.34. The third kappa shape index (κ3) is 4.63. The van der Waals surface area contributed by atoms with Crippen molar-refractivity contribution >= 4 is 17.4 Å². The zero-order valence-corrected chi connectivity index (χ0v) is 19.6. The van der Waals surface area contributed by atoms with Crippen LogP contribution in [0.3, 0.4) is 0 Å². The third-order valence-corrected chi connectivity index (χ3v) is 6.08. The number of Topliss-reactive ketones (excluding diaryl/α,β-unsaturated/α-hetero) is 1. The monoisotopic (exact) mass is 480 g/mol. The van der Waals surface area contributed by atoms with Crippen molar-refractivity contribution in [3.8, 4) is 5.75 Å². The number of pyridine rings is 1. The number of aromatic nitrogens is 1. The Hall–Kier alpha value is -4.65. The van der Waals surface area contributed by atoms with Gasteiger partial charge in [-0.1, -0.05) is 29.8 Å². The summed E-state index contributed by atoms with van der Waals surface area (Å²) in [5.41, 5.74) is 3.30. The molecule has 1 aliphatic heterocycles. The Morgan fingerprint density at radius 1 is 1.03 bits per heavy atom. The lowest BCUT2D eigenvalue weighted by atomic mass is 9.96. The molecule has 3 heterocycles. The highest BCUT2D eigenvalue weighted by Gasteiger charge is 2.46. The minimum absolute atomic E-state index is 0.0196. The predicted octanol–water partition coefficient (Wildman–Crippen LogP) is 5.18. The number of aliphatic hydroxyl groups excluding tert-OH is 1. The molecule has 2 aromatic carbocycles. The number of carbonyl (C=O) groups excluding carboxylic acids is 2. The van der Waals surface area contributed by atoms with Crippen LogP contribution in [0.4, 0.5) is 0 Å². The van der Waals surface area contributed by atoms with Gasteiger partial charge in [-0.15, -0.1) is 0 Å². The Bertz CT molecular complexity index is 1410. The van der Waals surface area contributed by atoms with Gasteiger partial charge < -0.3 is 19.2 Å². The number of hydrogen-bond acceptors (Lipinski definition) is 6. The van der Waals surface area contributed by atoms with Crippen molar-refractivity contribution in [3.05, 3.63) is 125 Å². The first kappa shape index (κ1) is 23.1. The Morgan fingerprint density at radius 3 is 2.50 bits per heavy atom. The average molecular weight is 481 g/mol. The number of benzene rings is 2. The van der Waals surface area contributed by atoms with Crippen LogP contribution >= 0.6 is 0 Å². The molecule has 1 aliphatic rings. The Kier molecular flexibility index (Phi) is 6.36. The van der Waals surface area contributed by atoms with Crippen molar-refractivity contribution < 1.29 is 23.8 Å². The van der Waals surface area contributed by atoms with Crippen molar-refractivity contribution in [2.24, 2.45) is 0 Å². The Balaban J connectivity index is 1.45. The van der Waals surface area contributed by atoms with Crippen molar-refractivity contribution in [3.63, 3.8) is 0 Å². The molecule has 1 atom stereocenters. The topological polar surface area (TPSA) is 92.9 Å². The van der Waals surface area contributed by atoms with Crippen molar-refractivity contribution in [1.29, 1.82) is 0 Å². The summed E-state index contributed by atoms with van der Waals surface area (Å²) in [6.07, 6.45) is 4.68. The number of likely N-dealkylation sites (tertiary alicyclic amines) is 1. The zero-order valence-electron chi connectivity index (χ0n) is 19.6. The maximum Gasteiger partial charge on any atom is 0.296 e. The molecule has 0 aliphatic carbocycles. The van der Waals surface area contributed by atoms with Crippen LogP contribution in [-0.2, 0) is 22.7 Å². The van der Waals surface area contributed by atoms with Gasteiger partial charge in [-0.25, -0.2) is 0 Å². The molecular weight excluding hydrogens is 456 g/mol. The van der Waals surface area contributed by atoms with Crippen LogP contribution in [0.15, 0.2) is 101 Å². The first-order valence-corrected chi connectivity index (χ1v) is 11.5. The van der Waals surface area contributed by atoms with Gasteiger partial charge in [-0.3, -0.25) is 14.6 Å². The van der Waals surface area contributed by atoms with E-state index in [1.54, 1.807) is 60.9 Å². The smallest absolute Gasteiger partial charge is 0.296 e. The standard InChI is InChI=1S/C29H24N2O5/c1-19-4-2-5-20(16-19)18-36-23-9-7-22(8-10-23)27(32)25-26(21-11-13-30-14-12-21)31(29(34)28(25)33)17-24-6-3-15-35-24/h2-16,26,32H,17-18H2,1H3/b27-25+. The van der Waals surface area contributed by atoms with Crippen LogP contribution in [0.2, 0.25) is 0 Å². The van der Waals surface area contributed by atoms with Crippen LogP contribution in [-0.4, -0.2) is 26.7 Å². The van der Waals surface area contributed by atoms with E-state index in [2.05, 4.69) is 11.1 Å². The third-order valence-electron chi connectivity index (χ3n) is 6.08. The van der Waals surface area contributed by atoms with Gasteiger partial charge >= 0.3 is 0 Å². The van der Waals surface area contributed by atoms with Gasteiger partial charge in [0.15, 0.2) is 0 Å². The molecule has 4 aromatic rings. The van der Waals surface area contributed by atoms with Crippen LogP contribution in [0.1, 0.15) is 34.1 Å². The van der Waals surface area contributed by atoms with E-state index in [9.17, 15) is 14.7 Å². The van der Waals surface area contributed by atoms with E-state index in [0.717, 1.165) is 11.1 Å². The highest BCUT2D eigenvalue weighted by atomic mass is 16.5. The van der Waals surface area contributed by atoms with Gasteiger partial charge in [-0.05, 0) is 66.6 Å². The molecule has 0 spiro atoms. The van der Waals surface area contributed by atoms with E-state index in [4.69, 9.17) is 9.15 Å². The van der Waals surface area contributed by atoms with Crippen molar-refractivity contribution in [2.45, 2.75) is 26.1 Å². The molecule has 0 bridgehead atoms. The van der Waals surface area contributed by atoms with Crippen molar-refractivity contribution in [2.75, 3.05) is 0 Å². The molecule has 7 nitrogen and oxygen atoms in total. The average Bonchev–Trinajstić information content (AvgIpc) is 3.50. The quantitative estimate of drug-likeness (QED) is 0.222. The first-order valence-electron chi connectivity index (χ1n) is 11.5. The summed E-state index contributed by atoms with van der Waals surface area (Å²) >= 11 is 0. The highest BCUT2D eigenvalue weighted by Crippen LogP contribution is 2.40. The number of carbonyl (C=O) groups is 2. The summed E-state index contributed by atoms with van der Waals surface area (Å²) in [5.74, 6) is -0.543. The van der Waals surface area contributed by atoms with Gasteiger partial charge in [-0.2, -0.15) is 0 Å². The number of amides is 1. The molecule has 180 valence electrons. The maximum absolute atomic E-state index is 13.1. The molecule has 1 amide bonds. The minimum Gasteiger partial charge on any atom is -0.507 e. The molecule has 5 rings (SSSR count). The lowest BCUT2D eigenvalue weighted by molar-refractivity contribution is -0.140. The minimum atomic E-state index is -0.782. The second-order valence-corrected chi connectivity index (χ2v) is 8.59. The fraction of sp³-hybridized carbons (Fsp3) is 0.138. The van der Waals surface area contributed by atoms with E-state index in [-0.39, 0.29) is 17.9 Å². The molecule has 7 heteroatoms. The highest BCUT2D eigenvalue weighted by molar-refractivity contribution is 6.46. The first-order chi connectivity index (χ1) is 17.5. The summed E-state index contributed by atoms with van der Waals surface area (Å²) in [7, 11) is 0. The van der Waals surface area contributed by atoms with Crippen molar-refractivity contribution in [1.82, 2.24) is 9.88 Å². The van der Waals surface area contributed by atoms with E-state index in [0.29, 0.717) is 29.2 Å². The number of nitrogens with zero attached hydrogens (tertiary/aromatic N) is 2. The molecule has 1 saturated heterocycles. The Labute approximate surface area is 208 Å². The Morgan fingerprint density at radius 2 is 1.81 bits per heavy atom. The molecule has 1 fully saturated rings. The van der Waals surface area contributed by atoms with Gasteiger partial charge in [0.2, 0.25) is 0 Å². The van der Waals surface area contributed by atoms with Crippen LogP contribution < -0.4 is 4.74 Å². The molecule has 0 radical (unpaired) electrons. The number of hydrogen-bond donors (Lipinski definition) is 1. The molecule has 2 aromatic heterocycles. The van der Waals surface area contributed by atoms with E-state index in [1.807, 2.05) is 25.1 Å². The SMILES string of the molecule is Cc1cccc(COc2ccc(/C(O)=C3\C(=O)C(=O)N(Cc4ccco4)C3c3ccncc3)cc2)c1. The molecular formula is C29H24N2O5.